The van der Waals surface area contributed by atoms with Gasteiger partial charge in [0.05, 0.1) is 12.2 Å². The molecule has 0 aliphatic heterocycles. The summed E-state index contributed by atoms with van der Waals surface area (Å²) in [6.07, 6.45) is 0.208. The molecule has 2 heterocycles. The summed E-state index contributed by atoms with van der Waals surface area (Å²) in [7, 11) is 0. The maximum atomic E-state index is 12.3. The van der Waals surface area contributed by atoms with Crippen molar-refractivity contribution in [1.82, 2.24) is 4.98 Å². The van der Waals surface area contributed by atoms with Crippen LogP contribution >= 0.6 is 23.1 Å². The van der Waals surface area contributed by atoms with Crippen LogP contribution in [0.2, 0.25) is 0 Å². The van der Waals surface area contributed by atoms with Gasteiger partial charge in [0.25, 0.3) is 5.22 Å². The summed E-state index contributed by atoms with van der Waals surface area (Å²) in [6.45, 7) is 3.62. The van der Waals surface area contributed by atoms with Crippen molar-refractivity contribution in [2.75, 3.05) is 17.7 Å². The fraction of sp³-hybridized carbons (Fsp3) is 0.263. The SMILES string of the molecule is CCOC(=O)c1sc(NC(=O)CCSc2nc3ccccc3o2)c(C#N)c1C. The Labute approximate surface area is 169 Å². The zero-order valence-electron chi connectivity index (χ0n) is 15.3. The van der Waals surface area contributed by atoms with Gasteiger partial charge in [-0.05, 0) is 31.5 Å². The Morgan fingerprint density at radius 1 is 1.39 bits per heavy atom. The second-order valence-electron chi connectivity index (χ2n) is 5.69. The van der Waals surface area contributed by atoms with Crippen molar-refractivity contribution >= 4 is 51.1 Å². The number of nitriles is 1. The summed E-state index contributed by atoms with van der Waals surface area (Å²) in [5.74, 6) is -0.277. The van der Waals surface area contributed by atoms with Gasteiger partial charge in [0.1, 0.15) is 21.5 Å². The third-order valence-corrected chi connectivity index (χ3v) is 5.82. The molecule has 3 aromatic rings. The molecule has 28 heavy (non-hydrogen) atoms. The number of nitrogens with zero attached hydrogens (tertiary/aromatic N) is 2. The number of para-hydroxylation sites is 2. The summed E-state index contributed by atoms with van der Waals surface area (Å²) < 4.78 is 10.6. The van der Waals surface area contributed by atoms with Crippen molar-refractivity contribution in [2.45, 2.75) is 25.5 Å². The highest BCUT2D eigenvalue weighted by molar-refractivity contribution is 7.99. The lowest BCUT2D eigenvalue weighted by Gasteiger charge is -2.02. The maximum Gasteiger partial charge on any atom is 0.348 e. The molecule has 2 aromatic heterocycles. The molecule has 0 aliphatic carbocycles. The van der Waals surface area contributed by atoms with Gasteiger partial charge in [-0.1, -0.05) is 23.9 Å². The summed E-state index contributed by atoms with van der Waals surface area (Å²) in [6, 6.07) is 9.49. The van der Waals surface area contributed by atoms with Crippen LogP contribution in [0.25, 0.3) is 11.1 Å². The predicted octanol–water partition coefficient (Wildman–Crippen LogP) is 4.37. The van der Waals surface area contributed by atoms with E-state index in [0.717, 1.165) is 16.9 Å². The highest BCUT2D eigenvalue weighted by Crippen LogP contribution is 2.33. The number of thiophene rings is 1. The van der Waals surface area contributed by atoms with Gasteiger partial charge in [-0.3, -0.25) is 4.79 Å². The zero-order valence-corrected chi connectivity index (χ0v) is 16.9. The molecule has 7 nitrogen and oxygen atoms in total. The minimum atomic E-state index is -0.492. The number of ether oxygens (including phenoxy) is 1. The Morgan fingerprint density at radius 3 is 2.89 bits per heavy atom. The van der Waals surface area contributed by atoms with E-state index in [0.29, 0.717) is 32.0 Å². The van der Waals surface area contributed by atoms with Crippen molar-refractivity contribution in [3.63, 3.8) is 0 Å². The van der Waals surface area contributed by atoms with Gasteiger partial charge in [0.15, 0.2) is 5.58 Å². The lowest BCUT2D eigenvalue weighted by Crippen LogP contribution is -2.12. The Morgan fingerprint density at radius 2 is 2.18 bits per heavy atom. The molecule has 0 bridgehead atoms. The predicted molar refractivity (Wildman–Crippen MR) is 108 cm³/mol. The van der Waals surface area contributed by atoms with E-state index < -0.39 is 5.97 Å². The van der Waals surface area contributed by atoms with Gasteiger partial charge in [0, 0.05) is 12.2 Å². The summed E-state index contributed by atoms with van der Waals surface area (Å²) in [5, 5.41) is 12.9. The minimum Gasteiger partial charge on any atom is -0.462 e. The lowest BCUT2D eigenvalue weighted by molar-refractivity contribution is -0.115. The van der Waals surface area contributed by atoms with E-state index in [2.05, 4.69) is 10.3 Å². The molecule has 0 atom stereocenters. The van der Waals surface area contributed by atoms with Crippen molar-refractivity contribution in [1.29, 1.82) is 5.26 Å². The van der Waals surface area contributed by atoms with Crippen LogP contribution < -0.4 is 5.32 Å². The molecule has 3 rings (SSSR count). The first-order valence-corrected chi connectivity index (χ1v) is 10.3. The quantitative estimate of drug-likeness (QED) is 0.451. The molecule has 0 radical (unpaired) electrons. The van der Waals surface area contributed by atoms with Gasteiger partial charge in [-0.25, -0.2) is 9.78 Å². The van der Waals surface area contributed by atoms with Crippen LogP contribution in [0.15, 0.2) is 33.9 Å². The number of thioether (sulfide) groups is 1. The van der Waals surface area contributed by atoms with Crippen molar-refractivity contribution in [3.05, 3.63) is 40.3 Å². The number of carbonyl (C=O) groups excluding carboxylic acids is 2. The first kappa shape index (κ1) is 19.9. The number of amides is 1. The number of hydrogen-bond acceptors (Lipinski definition) is 8. The number of oxazole rings is 1. The van der Waals surface area contributed by atoms with Crippen LogP contribution in [-0.2, 0) is 9.53 Å². The maximum absolute atomic E-state index is 12.3. The van der Waals surface area contributed by atoms with Crippen molar-refractivity contribution in [3.8, 4) is 6.07 Å². The van der Waals surface area contributed by atoms with Gasteiger partial charge in [-0.15, -0.1) is 11.3 Å². The van der Waals surface area contributed by atoms with E-state index in [9.17, 15) is 14.9 Å². The van der Waals surface area contributed by atoms with E-state index in [1.807, 2.05) is 30.3 Å². The van der Waals surface area contributed by atoms with Crippen molar-refractivity contribution in [2.24, 2.45) is 0 Å². The molecular formula is C19H17N3O4S2. The molecule has 0 spiro atoms. The van der Waals surface area contributed by atoms with Crippen molar-refractivity contribution < 1.29 is 18.7 Å². The van der Waals surface area contributed by atoms with Gasteiger partial charge >= 0.3 is 5.97 Å². The van der Waals surface area contributed by atoms with E-state index in [-0.39, 0.29) is 24.5 Å². The van der Waals surface area contributed by atoms with Crippen LogP contribution in [0.4, 0.5) is 5.00 Å². The van der Waals surface area contributed by atoms with Crippen LogP contribution in [0.3, 0.4) is 0 Å². The zero-order chi connectivity index (χ0) is 20.1. The second-order valence-corrected chi connectivity index (χ2v) is 7.75. The third kappa shape index (κ3) is 4.35. The van der Waals surface area contributed by atoms with Gasteiger partial charge < -0.3 is 14.5 Å². The van der Waals surface area contributed by atoms with Crippen LogP contribution in [0.5, 0.6) is 0 Å². The molecule has 1 aromatic carbocycles. The number of carbonyl (C=O) groups is 2. The molecular weight excluding hydrogens is 398 g/mol. The number of aromatic nitrogens is 1. The standard InChI is InChI=1S/C19H17N3O4S2/c1-3-25-18(24)16-11(2)12(10-20)17(28-16)22-15(23)8-9-27-19-21-13-6-4-5-7-14(13)26-19/h4-7H,3,8-9H2,1-2H3,(H,22,23). The molecule has 9 heteroatoms. The van der Waals surface area contributed by atoms with E-state index in [1.54, 1.807) is 13.8 Å². The van der Waals surface area contributed by atoms with E-state index >= 15 is 0 Å². The highest BCUT2D eigenvalue weighted by Gasteiger charge is 2.22. The third-order valence-electron chi connectivity index (χ3n) is 3.80. The average Bonchev–Trinajstić information content (AvgIpc) is 3.22. The van der Waals surface area contributed by atoms with Crippen LogP contribution in [0, 0.1) is 18.3 Å². The molecule has 0 aliphatic rings. The number of rotatable bonds is 7. The Bertz CT molecular complexity index is 1030. The first-order valence-electron chi connectivity index (χ1n) is 8.52. The summed E-state index contributed by atoms with van der Waals surface area (Å²) >= 11 is 2.39. The van der Waals surface area contributed by atoms with Gasteiger partial charge in [-0.2, -0.15) is 5.26 Å². The number of benzene rings is 1. The van der Waals surface area contributed by atoms with E-state index in [4.69, 9.17) is 9.15 Å². The Kier molecular flexibility index (Phi) is 6.34. The van der Waals surface area contributed by atoms with Crippen LogP contribution in [-0.4, -0.2) is 29.2 Å². The largest absolute Gasteiger partial charge is 0.462 e. The normalized spacial score (nSPS) is 10.6. The minimum absolute atomic E-state index is 0.208. The fourth-order valence-electron chi connectivity index (χ4n) is 2.46. The number of esters is 1. The molecule has 0 saturated heterocycles. The Balaban J connectivity index is 1.60. The molecule has 0 unspecified atom stereocenters. The Hall–Kier alpha value is -2.83. The summed E-state index contributed by atoms with van der Waals surface area (Å²) in [5.41, 5.74) is 2.28. The molecule has 0 saturated carbocycles. The first-order chi connectivity index (χ1) is 13.5. The smallest absolute Gasteiger partial charge is 0.348 e. The number of hydrogen-bond donors (Lipinski definition) is 1. The number of nitrogens with one attached hydrogen (secondary N) is 1. The van der Waals surface area contributed by atoms with Gasteiger partial charge in [0.2, 0.25) is 5.91 Å². The lowest BCUT2D eigenvalue weighted by atomic mass is 10.2. The summed E-state index contributed by atoms with van der Waals surface area (Å²) in [4.78, 5) is 28.9. The molecule has 1 N–H and O–H groups in total. The molecule has 1 amide bonds. The number of anilines is 1. The number of fused-ring (bicyclic) bond motifs is 1. The highest BCUT2D eigenvalue weighted by atomic mass is 32.2. The topological polar surface area (TPSA) is 105 Å². The van der Waals surface area contributed by atoms with Crippen LogP contribution in [0.1, 0.15) is 34.1 Å². The average molecular weight is 415 g/mol. The monoisotopic (exact) mass is 415 g/mol. The second kappa shape index (κ2) is 8.91. The van der Waals surface area contributed by atoms with E-state index in [1.165, 1.54) is 11.8 Å². The fourth-order valence-corrected chi connectivity index (χ4v) is 4.30. The molecule has 144 valence electrons. The molecule has 0 fully saturated rings.